The molecule has 0 unspecified atom stereocenters. The molecule has 0 aliphatic rings. The lowest BCUT2D eigenvalue weighted by Crippen LogP contribution is -2.03. The van der Waals surface area contributed by atoms with Crippen LogP contribution in [-0.4, -0.2) is 10.1 Å². The van der Waals surface area contributed by atoms with Gasteiger partial charge < -0.3 is 9.84 Å². The summed E-state index contributed by atoms with van der Waals surface area (Å²) in [6.07, 6.45) is 0. The highest BCUT2D eigenvalue weighted by atomic mass is 16.5. The van der Waals surface area contributed by atoms with Crippen LogP contribution in [0.25, 0.3) is 0 Å². The normalized spacial score (nSPS) is 9.94. The van der Waals surface area contributed by atoms with Gasteiger partial charge in [0.25, 0.3) is 0 Å². The second-order valence-electron chi connectivity index (χ2n) is 3.75. The van der Waals surface area contributed by atoms with Crippen LogP contribution < -0.4 is 5.32 Å². The van der Waals surface area contributed by atoms with Crippen molar-refractivity contribution in [2.75, 3.05) is 5.32 Å². The zero-order chi connectivity index (χ0) is 12.3. The monoisotopic (exact) mass is 228 g/mol. The first-order valence-corrected chi connectivity index (χ1v) is 5.23. The van der Waals surface area contributed by atoms with Gasteiger partial charge >= 0.3 is 0 Å². The molecule has 0 spiro atoms. The van der Waals surface area contributed by atoms with Crippen molar-refractivity contribution >= 4 is 5.82 Å². The molecular weight excluding hydrogens is 216 g/mol. The number of pyridine rings is 1. The Hall–Kier alpha value is -2.35. The van der Waals surface area contributed by atoms with Crippen molar-refractivity contribution in [3.63, 3.8) is 0 Å². The molecule has 0 aliphatic carbocycles. The fourth-order valence-corrected chi connectivity index (χ4v) is 1.45. The third kappa shape index (κ3) is 2.61. The van der Waals surface area contributed by atoms with E-state index in [1.54, 1.807) is 6.07 Å². The SMILES string of the molecule is Cc1cc(CNc2nc(C)ccc2C#N)on1. The Balaban J connectivity index is 2.13. The number of anilines is 1. The lowest BCUT2D eigenvalue weighted by molar-refractivity contribution is 0.384. The van der Waals surface area contributed by atoms with E-state index in [2.05, 4.69) is 21.5 Å². The molecule has 2 heterocycles. The number of hydrogen-bond donors (Lipinski definition) is 1. The van der Waals surface area contributed by atoms with Crippen molar-refractivity contribution in [2.45, 2.75) is 20.4 Å². The van der Waals surface area contributed by atoms with Crippen LogP contribution in [0, 0.1) is 25.2 Å². The Morgan fingerprint density at radius 1 is 1.35 bits per heavy atom. The molecule has 0 amide bonds. The summed E-state index contributed by atoms with van der Waals surface area (Å²) in [4.78, 5) is 4.27. The molecule has 5 nitrogen and oxygen atoms in total. The van der Waals surface area contributed by atoms with Gasteiger partial charge in [-0.3, -0.25) is 0 Å². The standard InChI is InChI=1S/C12H12N4O/c1-8-3-4-10(6-13)12(15-8)14-7-11-5-9(2)16-17-11/h3-5H,7H2,1-2H3,(H,14,15). The van der Waals surface area contributed by atoms with Crippen LogP contribution in [0.15, 0.2) is 22.7 Å². The molecule has 0 saturated heterocycles. The van der Waals surface area contributed by atoms with Gasteiger partial charge in [-0.25, -0.2) is 4.98 Å². The topological polar surface area (TPSA) is 74.7 Å². The number of nitrogens with one attached hydrogen (secondary N) is 1. The van der Waals surface area contributed by atoms with E-state index >= 15 is 0 Å². The molecular formula is C12H12N4O. The lowest BCUT2D eigenvalue weighted by Gasteiger charge is -2.05. The first kappa shape index (κ1) is 11.1. The first-order chi connectivity index (χ1) is 8.19. The predicted octanol–water partition coefficient (Wildman–Crippen LogP) is 2.17. The summed E-state index contributed by atoms with van der Waals surface area (Å²) in [5, 5.41) is 15.8. The lowest BCUT2D eigenvalue weighted by atomic mass is 10.2. The summed E-state index contributed by atoms with van der Waals surface area (Å²) >= 11 is 0. The summed E-state index contributed by atoms with van der Waals surface area (Å²) in [5.41, 5.74) is 2.21. The maximum absolute atomic E-state index is 8.94. The van der Waals surface area contributed by atoms with Crippen molar-refractivity contribution < 1.29 is 4.52 Å². The second kappa shape index (κ2) is 4.66. The average molecular weight is 228 g/mol. The van der Waals surface area contributed by atoms with Crippen molar-refractivity contribution in [2.24, 2.45) is 0 Å². The highest BCUT2D eigenvalue weighted by molar-refractivity contribution is 5.52. The minimum Gasteiger partial charge on any atom is -0.362 e. The van der Waals surface area contributed by atoms with Gasteiger partial charge in [0.15, 0.2) is 5.76 Å². The van der Waals surface area contributed by atoms with E-state index in [0.29, 0.717) is 17.9 Å². The number of aromatic nitrogens is 2. The maximum atomic E-state index is 8.94. The van der Waals surface area contributed by atoms with E-state index in [9.17, 15) is 0 Å². The smallest absolute Gasteiger partial charge is 0.156 e. The van der Waals surface area contributed by atoms with Crippen molar-refractivity contribution in [1.82, 2.24) is 10.1 Å². The summed E-state index contributed by atoms with van der Waals surface area (Å²) in [6.45, 7) is 4.20. The molecule has 2 aromatic rings. The Morgan fingerprint density at radius 3 is 2.82 bits per heavy atom. The van der Waals surface area contributed by atoms with Crippen LogP contribution in [0.2, 0.25) is 0 Å². The van der Waals surface area contributed by atoms with E-state index in [0.717, 1.165) is 17.1 Å². The minimum absolute atomic E-state index is 0.464. The van der Waals surface area contributed by atoms with E-state index in [4.69, 9.17) is 9.78 Å². The fourth-order valence-electron chi connectivity index (χ4n) is 1.45. The summed E-state index contributed by atoms with van der Waals surface area (Å²) in [6, 6.07) is 7.49. The van der Waals surface area contributed by atoms with Crippen LogP contribution in [0.5, 0.6) is 0 Å². The van der Waals surface area contributed by atoms with Gasteiger partial charge in [-0.15, -0.1) is 0 Å². The second-order valence-corrected chi connectivity index (χ2v) is 3.75. The Morgan fingerprint density at radius 2 is 2.18 bits per heavy atom. The first-order valence-electron chi connectivity index (χ1n) is 5.23. The van der Waals surface area contributed by atoms with Gasteiger partial charge in [-0.1, -0.05) is 5.16 Å². The molecule has 0 aliphatic heterocycles. The van der Waals surface area contributed by atoms with Gasteiger partial charge in [-0.05, 0) is 26.0 Å². The Kier molecular flexibility index (Phi) is 3.06. The molecule has 86 valence electrons. The molecule has 2 aromatic heterocycles. The van der Waals surface area contributed by atoms with Crippen LogP contribution in [0.1, 0.15) is 22.7 Å². The molecule has 5 heteroatoms. The van der Waals surface area contributed by atoms with Gasteiger partial charge in [0.1, 0.15) is 11.9 Å². The largest absolute Gasteiger partial charge is 0.362 e. The average Bonchev–Trinajstić information content (AvgIpc) is 2.73. The van der Waals surface area contributed by atoms with E-state index in [1.807, 2.05) is 26.0 Å². The molecule has 0 aromatic carbocycles. The molecule has 0 fully saturated rings. The van der Waals surface area contributed by atoms with E-state index in [1.165, 1.54) is 0 Å². The highest BCUT2D eigenvalue weighted by Crippen LogP contribution is 2.13. The van der Waals surface area contributed by atoms with Crippen LogP contribution >= 0.6 is 0 Å². The van der Waals surface area contributed by atoms with Crippen LogP contribution in [0.4, 0.5) is 5.82 Å². The van der Waals surface area contributed by atoms with E-state index in [-0.39, 0.29) is 0 Å². The van der Waals surface area contributed by atoms with Gasteiger partial charge in [-0.2, -0.15) is 5.26 Å². The van der Waals surface area contributed by atoms with Crippen molar-refractivity contribution in [1.29, 1.82) is 5.26 Å². The zero-order valence-electron chi connectivity index (χ0n) is 9.69. The third-order valence-corrected chi connectivity index (χ3v) is 2.26. The van der Waals surface area contributed by atoms with Crippen LogP contribution in [-0.2, 0) is 6.54 Å². The Labute approximate surface area is 99.1 Å². The number of hydrogen-bond acceptors (Lipinski definition) is 5. The molecule has 2 rings (SSSR count). The highest BCUT2D eigenvalue weighted by Gasteiger charge is 2.05. The molecule has 0 atom stereocenters. The number of aryl methyl sites for hydroxylation is 2. The third-order valence-electron chi connectivity index (χ3n) is 2.26. The maximum Gasteiger partial charge on any atom is 0.156 e. The molecule has 0 bridgehead atoms. The zero-order valence-corrected chi connectivity index (χ0v) is 9.69. The predicted molar refractivity (Wildman–Crippen MR) is 62.3 cm³/mol. The molecule has 0 radical (unpaired) electrons. The molecule has 17 heavy (non-hydrogen) atoms. The van der Waals surface area contributed by atoms with Crippen LogP contribution in [0.3, 0.4) is 0 Å². The summed E-state index contributed by atoms with van der Waals surface area (Å²) in [7, 11) is 0. The van der Waals surface area contributed by atoms with Gasteiger partial charge in [0, 0.05) is 11.8 Å². The number of nitriles is 1. The summed E-state index contributed by atoms with van der Waals surface area (Å²) in [5.74, 6) is 1.29. The van der Waals surface area contributed by atoms with Gasteiger partial charge in [0.2, 0.25) is 0 Å². The van der Waals surface area contributed by atoms with E-state index < -0.39 is 0 Å². The molecule has 0 saturated carbocycles. The molecule has 1 N–H and O–H groups in total. The van der Waals surface area contributed by atoms with Gasteiger partial charge in [0.05, 0.1) is 17.8 Å². The quantitative estimate of drug-likeness (QED) is 0.871. The minimum atomic E-state index is 0.464. The number of nitrogens with zero attached hydrogens (tertiary/aromatic N) is 3. The number of rotatable bonds is 3. The van der Waals surface area contributed by atoms with Crippen molar-refractivity contribution in [3.05, 3.63) is 40.9 Å². The van der Waals surface area contributed by atoms with Crippen molar-refractivity contribution in [3.8, 4) is 6.07 Å². The fraction of sp³-hybridized carbons (Fsp3) is 0.250. The Bertz CT molecular complexity index is 568. The summed E-state index contributed by atoms with van der Waals surface area (Å²) < 4.78 is 5.07.